The highest BCUT2D eigenvalue weighted by atomic mass is 32.1. The van der Waals surface area contributed by atoms with Crippen molar-refractivity contribution in [1.82, 2.24) is 4.98 Å². The van der Waals surface area contributed by atoms with Crippen molar-refractivity contribution >= 4 is 30.1 Å². The van der Waals surface area contributed by atoms with Gasteiger partial charge in [0, 0.05) is 10.3 Å². The van der Waals surface area contributed by atoms with Crippen molar-refractivity contribution in [3.8, 4) is 0 Å². The molecule has 0 amide bonds. The van der Waals surface area contributed by atoms with Crippen LogP contribution in [-0.4, -0.2) is 23.9 Å². The molecule has 9 heavy (non-hydrogen) atoms. The second-order valence-electron chi connectivity index (χ2n) is 1.56. The first-order valence-corrected chi connectivity index (χ1v) is 3.23. The summed E-state index contributed by atoms with van der Waals surface area (Å²) in [5.74, 6) is -0.959. The van der Waals surface area contributed by atoms with E-state index in [4.69, 9.17) is 5.11 Å². The Morgan fingerprint density at radius 1 is 1.89 bits per heavy atom. The van der Waals surface area contributed by atoms with Crippen molar-refractivity contribution in [3.05, 3.63) is 11.1 Å². The Balaban J connectivity index is 2.98. The zero-order valence-electron chi connectivity index (χ0n) is 4.79. The molecule has 0 spiro atoms. The number of carboxylic acids is 1. The number of carboxylic acid groups (broad SMARTS) is 1. The van der Waals surface area contributed by atoms with E-state index in [1.54, 1.807) is 7.85 Å². The Labute approximate surface area is 56.8 Å². The Bertz CT molecular complexity index is 234. The Morgan fingerprint density at radius 3 is 2.78 bits per heavy atom. The van der Waals surface area contributed by atoms with Gasteiger partial charge in [-0.1, -0.05) is 0 Å². The lowest BCUT2D eigenvalue weighted by Crippen LogP contribution is -2.03. The third-order valence-corrected chi connectivity index (χ3v) is 1.61. The lowest BCUT2D eigenvalue weighted by Gasteiger charge is -1.79. The number of carbonyl (C=O) groups is 1. The molecule has 0 saturated heterocycles. The summed E-state index contributed by atoms with van der Waals surface area (Å²) in [4.78, 5) is 14.7. The van der Waals surface area contributed by atoms with Crippen LogP contribution in [0.3, 0.4) is 0 Å². The second-order valence-corrected chi connectivity index (χ2v) is 2.62. The van der Waals surface area contributed by atoms with E-state index in [2.05, 4.69) is 4.98 Å². The van der Waals surface area contributed by atoms with Crippen molar-refractivity contribution in [2.45, 2.75) is 0 Å². The van der Waals surface area contributed by atoms with Gasteiger partial charge in [-0.15, -0.1) is 11.3 Å². The molecule has 0 aliphatic carbocycles. The molecule has 1 N–H and O–H groups in total. The Hall–Kier alpha value is -0.835. The van der Waals surface area contributed by atoms with Gasteiger partial charge in [0.25, 0.3) is 0 Å². The molecule has 0 radical (unpaired) electrons. The van der Waals surface area contributed by atoms with E-state index in [1.165, 1.54) is 16.7 Å². The zero-order valence-corrected chi connectivity index (χ0v) is 5.60. The number of thiazole rings is 1. The maximum absolute atomic E-state index is 10.2. The van der Waals surface area contributed by atoms with E-state index in [0.29, 0.717) is 0 Å². The number of aromatic carboxylic acids is 1. The number of nitrogens with zero attached hydrogens (tertiary/aromatic N) is 1. The van der Waals surface area contributed by atoms with E-state index in [-0.39, 0.29) is 5.69 Å². The zero-order chi connectivity index (χ0) is 6.85. The fourth-order valence-corrected chi connectivity index (χ4v) is 1.05. The van der Waals surface area contributed by atoms with Crippen LogP contribution < -0.4 is 4.91 Å². The first-order valence-electron chi connectivity index (χ1n) is 2.35. The first-order chi connectivity index (χ1) is 4.20. The average Bonchev–Trinajstić information content (AvgIpc) is 2.14. The normalized spacial score (nSPS) is 9.33. The van der Waals surface area contributed by atoms with Crippen molar-refractivity contribution in [3.63, 3.8) is 0 Å². The Morgan fingerprint density at radius 2 is 2.56 bits per heavy atom. The van der Waals surface area contributed by atoms with Crippen molar-refractivity contribution in [2.24, 2.45) is 0 Å². The van der Waals surface area contributed by atoms with Gasteiger partial charge in [0.05, 0.1) is 0 Å². The van der Waals surface area contributed by atoms with Gasteiger partial charge >= 0.3 is 5.97 Å². The van der Waals surface area contributed by atoms with Crippen molar-refractivity contribution in [1.29, 1.82) is 0 Å². The van der Waals surface area contributed by atoms with Crippen LogP contribution in [0.15, 0.2) is 5.38 Å². The van der Waals surface area contributed by atoms with E-state index >= 15 is 0 Å². The van der Waals surface area contributed by atoms with Gasteiger partial charge in [-0.25, -0.2) is 9.78 Å². The smallest absolute Gasteiger partial charge is 0.355 e. The lowest BCUT2D eigenvalue weighted by molar-refractivity contribution is 0.0691. The summed E-state index contributed by atoms with van der Waals surface area (Å²) >= 11 is 1.34. The minimum atomic E-state index is -0.959. The van der Waals surface area contributed by atoms with E-state index < -0.39 is 5.97 Å². The maximum Gasteiger partial charge on any atom is 0.355 e. The summed E-state index contributed by atoms with van der Waals surface area (Å²) in [5, 5.41) is 9.87. The second kappa shape index (κ2) is 2.18. The molecule has 5 heteroatoms. The minimum absolute atomic E-state index is 0.137. The predicted octanol–water partition coefficient (Wildman–Crippen LogP) is -0.900. The van der Waals surface area contributed by atoms with Crippen LogP contribution in [0.4, 0.5) is 0 Å². The summed E-state index contributed by atoms with van der Waals surface area (Å²) in [5.41, 5.74) is 0.137. The quantitative estimate of drug-likeness (QED) is 0.515. The highest BCUT2D eigenvalue weighted by molar-refractivity contribution is 7.17. The fraction of sp³-hybridized carbons (Fsp3) is 0. The van der Waals surface area contributed by atoms with Gasteiger partial charge in [-0.2, -0.15) is 0 Å². The predicted molar refractivity (Wildman–Crippen MR) is 37.3 cm³/mol. The molecule has 0 aliphatic rings. The molecular weight excluding hydrogens is 137 g/mol. The maximum atomic E-state index is 10.2. The van der Waals surface area contributed by atoms with Crippen LogP contribution in [-0.2, 0) is 0 Å². The third-order valence-electron chi connectivity index (χ3n) is 0.838. The highest BCUT2D eigenvalue weighted by Gasteiger charge is 2.04. The van der Waals surface area contributed by atoms with Gasteiger partial charge in [0.15, 0.2) is 13.5 Å². The third kappa shape index (κ3) is 1.29. The number of rotatable bonds is 1. The van der Waals surface area contributed by atoms with E-state index in [9.17, 15) is 4.79 Å². The molecule has 0 aromatic carbocycles. The summed E-state index contributed by atoms with van der Waals surface area (Å²) in [7, 11) is 1.77. The van der Waals surface area contributed by atoms with Gasteiger partial charge < -0.3 is 5.11 Å². The standard InChI is InChI=1S/C4H4BNO2S/c5-4-6-2(1-9-4)3(7)8/h1H,5H2,(H,7,8). The molecular formula is C4H4BNO2S. The molecule has 3 nitrogen and oxygen atoms in total. The average molecular weight is 141 g/mol. The minimum Gasteiger partial charge on any atom is -0.476 e. The summed E-state index contributed by atoms with van der Waals surface area (Å²) in [6, 6.07) is 0. The fourth-order valence-electron chi connectivity index (χ4n) is 0.462. The molecule has 46 valence electrons. The summed E-state index contributed by atoms with van der Waals surface area (Å²) in [6.07, 6.45) is 0. The van der Waals surface area contributed by atoms with Crippen LogP contribution in [0.25, 0.3) is 0 Å². The lowest BCUT2D eigenvalue weighted by atomic mass is 10.2. The van der Waals surface area contributed by atoms with Crippen molar-refractivity contribution < 1.29 is 9.90 Å². The van der Waals surface area contributed by atoms with E-state index in [0.717, 1.165) is 4.91 Å². The number of hydrogen-bond acceptors (Lipinski definition) is 3. The van der Waals surface area contributed by atoms with Gasteiger partial charge in [0.1, 0.15) is 0 Å². The van der Waals surface area contributed by atoms with Gasteiger partial charge in [-0.05, 0) is 0 Å². The molecule has 1 heterocycles. The molecule has 1 aromatic rings. The molecule has 0 atom stereocenters. The largest absolute Gasteiger partial charge is 0.476 e. The van der Waals surface area contributed by atoms with Crippen LogP contribution in [0.2, 0.25) is 0 Å². The number of aromatic nitrogens is 1. The molecule has 0 unspecified atom stereocenters. The van der Waals surface area contributed by atoms with Crippen LogP contribution in [0.5, 0.6) is 0 Å². The first kappa shape index (κ1) is 6.29. The molecule has 1 rings (SSSR count). The van der Waals surface area contributed by atoms with Gasteiger partial charge in [0.2, 0.25) is 0 Å². The highest BCUT2D eigenvalue weighted by Crippen LogP contribution is 1.96. The molecule has 0 saturated carbocycles. The van der Waals surface area contributed by atoms with E-state index in [1.807, 2.05) is 0 Å². The molecule has 1 aromatic heterocycles. The SMILES string of the molecule is Bc1nc(C(=O)O)cs1. The Kier molecular flexibility index (Phi) is 1.53. The molecule has 0 fully saturated rings. The topological polar surface area (TPSA) is 50.2 Å². The number of hydrogen-bond donors (Lipinski definition) is 1. The summed E-state index contributed by atoms with van der Waals surface area (Å²) < 4.78 is 0. The van der Waals surface area contributed by atoms with Crippen LogP contribution in [0, 0.1) is 0 Å². The monoisotopic (exact) mass is 141 g/mol. The molecule has 0 aliphatic heterocycles. The van der Waals surface area contributed by atoms with Crippen LogP contribution >= 0.6 is 11.3 Å². The van der Waals surface area contributed by atoms with Crippen molar-refractivity contribution in [2.75, 3.05) is 0 Å². The van der Waals surface area contributed by atoms with Crippen LogP contribution in [0.1, 0.15) is 10.5 Å². The van der Waals surface area contributed by atoms with Gasteiger partial charge in [-0.3, -0.25) is 0 Å². The molecule has 0 bridgehead atoms. The summed E-state index contributed by atoms with van der Waals surface area (Å²) in [6.45, 7) is 0.